The molecule has 0 fully saturated rings. The molecule has 4 nitrogen and oxygen atoms in total. The van der Waals surface area contributed by atoms with Gasteiger partial charge in [-0.3, -0.25) is 4.98 Å². The highest BCUT2D eigenvalue weighted by atomic mass is 35.5. The van der Waals surface area contributed by atoms with E-state index in [2.05, 4.69) is 20.3 Å². The van der Waals surface area contributed by atoms with Gasteiger partial charge in [-0.05, 0) is 24.3 Å². The number of aromatic nitrogens is 3. The van der Waals surface area contributed by atoms with Crippen molar-refractivity contribution in [3.05, 3.63) is 54.1 Å². The molecule has 0 bridgehead atoms. The first-order valence-corrected chi connectivity index (χ1v) is 5.79. The molecule has 0 saturated carbocycles. The number of benzene rings is 1. The van der Waals surface area contributed by atoms with Crippen LogP contribution in [0.5, 0.6) is 0 Å². The fraction of sp³-hybridized carbons (Fsp3) is 0. The van der Waals surface area contributed by atoms with Crippen LogP contribution in [-0.2, 0) is 0 Å². The summed E-state index contributed by atoms with van der Waals surface area (Å²) in [6.07, 6.45) is 3.20. The zero-order valence-corrected chi connectivity index (χ0v) is 10.1. The van der Waals surface area contributed by atoms with Crippen LogP contribution in [-0.4, -0.2) is 15.0 Å². The maximum absolute atomic E-state index is 5.83. The smallest absolute Gasteiger partial charge is 0.135 e. The van der Waals surface area contributed by atoms with Crippen LogP contribution in [0.3, 0.4) is 0 Å². The van der Waals surface area contributed by atoms with Crippen LogP contribution in [0.4, 0.5) is 11.5 Å². The van der Waals surface area contributed by atoms with Gasteiger partial charge in [0.2, 0.25) is 0 Å². The van der Waals surface area contributed by atoms with Crippen molar-refractivity contribution in [2.45, 2.75) is 0 Å². The van der Waals surface area contributed by atoms with Crippen LogP contribution in [0.15, 0.2) is 48.9 Å². The summed E-state index contributed by atoms with van der Waals surface area (Å²) in [5.41, 5.74) is 1.87. The summed E-state index contributed by atoms with van der Waals surface area (Å²) in [6.45, 7) is 0. The molecule has 1 N–H and O–H groups in total. The minimum absolute atomic E-state index is 0.408. The van der Waals surface area contributed by atoms with E-state index in [0.717, 1.165) is 16.6 Å². The second-order valence-electron chi connectivity index (χ2n) is 3.73. The first kappa shape index (κ1) is 10.9. The first-order chi connectivity index (χ1) is 8.83. The van der Waals surface area contributed by atoms with E-state index in [1.807, 2.05) is 30.3 Å². The zero-order valence-electron chi connectivity index (χ0n) is 9.34. The second-order valence-corrected chi connectivity index (χ2v) is 4.11. The third kappa shape index (κ3) is 2.10. The lowest BCUT2D eigenvalue weighted by atomic mass is 10.2. The Bertz CT molecular complexity index is 694. The van der Waals surface area contributed by atoms with Crippen LogP contribution in [0.1, 0.15) is 0 Å². The van der Waals surface area contributed by atoms with Crippen molar-refractivity contribution in [3.63, 3.8) is 0 Å². The van der Waals surface area contributed by atoms with Gasteiger partial charge in [-0.1, -0.05) is 17.7 Å². The van der Waals surface area contributed by atoms with Crippen LogP contribution in [0.25, 0.3) is 10.9 Å². The standard InChI is InChI=1S/C13H9ClN4/c14-12-7-13(17-8-16-12)18-11-5-1-4-10-9(11)3-2-6-15-10/h1-8H,(H,16,17,18). The summed E-state index contributed by atoms with van der Waals surface area (Å²) in [5.74, 6) is 0.659. The minimum atomic E-state index is 0.408. The molecule has 0 amide bonds. The van der Waals surface area contributed by atoms with Crippen molar-refractivity contribution in [2.75, 3.05) is 5.32 Å². The van der Waals surface area contributed by atoms with Gasteiger partial charge in [-0.15, -0.1) is 0 Å². The van der Waals surface area contributed by atoms with Crippen LogP contribution in [0.2, 0.25) is 5.15 Å². The van der Waals surface area contributed by atoms with Crippen molar-refractivity contribution >= 4 is 34.0 Å². The average molecular weight is 257 g/mol. The van der Waals surface area contributed by atoms with Crippen LogP contribution in [0, 0.1) is 0 Å². The van der Waals surface area contributed by atoms with E-state index in [-0.39, 0.29) is 0 Å². The third-order valence-corrected chi connectivity index (χ3v) is 2.75. The lowest BCUT2D eigenvalue weighted by molar-refractivity contribution is 1.17. The van der Waals surface area contributed by atoms with E-state index in [1.54, 1.807) is 12.3 Å². The Morgan fingerprint density at radius 2 is 1.94 bits per heavy atom. The number of halogens is 1. The molecule has 0 radical (unpaired) electrons. The quantitative estimate of drug-likeness (QED) is 0.714. The molecule has 5 heteroatoms. The molecule has 0 atom stereocenters. The molecular formula is C13H9ClN4. The van der Waals surface area contributed by atoms with Gasteiger partial charge in [0.25, 0.3) is 0 Å². The predicted octanol–water partition coefficient (Wildman–Crippen LogP) is 3.42. The van der Waals surface area contributed by atoms with E-state index >= 15 is 0 Å². The summed E-state index contributed by atoms with van der Waals surface area (Å²) < 4.78 is 0. The Labute approximate surface area is 109 Å². The van der Waals surface area contributed by atoms with Crippen molar-refractivity contribution in [1.82, 2.24) is 15.0 Å². The van der Waals surface area contributed by atoms with Gasteiger partial charge in [0.1, 0.15) is 17.3 Å². The summed E-state index contributed by atoms with van der Waals surface area (Å²) in [6, 6.07) is 11.5. The third-order valence-electron chi connectivity index (χ3n) is 2.54. The van der Waals surface area contributed by atoms with Crippen molar-refractivity contribution in [2.24, 2.45) is 0 Å². The molecule has 0 aliphatic rings. The molecule has 2 heterocycles. The van der Waals surface area contributed by atoms with E-state index in [4.69, 9.17) is 11.6 Å². The highest BCUT2D eigenvalue weighted by Crippen LogP contribution is 2.24. The summed E-state index contributed by atoms with van der Waals surface area (Å²) in [5, 5.41) is 4.66. The first-order valence-electron chi connectivity index (χ1n) is 5.41. The van der Waals surface area contributed by atoms with E-state index in [1.165, 1.54) is 6.33 Å². The molecule has 0 aliphatic heterocycles. The molecule has 0 aliphatic carbocycles. The van der Waals surface area contributed by atoms with Gasteiger partial charge in [-0.25, -0.2) is 9.97 Å². The average Bonchev–Trinajstić information content (AvgIpc) is 2.39. The number of anilines is 2. The molecular weight excluding hydrogens is 248 g/mol. The number of hydrogen-bond acceptors (Lipinski definition) is 4. The topological polar surface area (TPSA) is 50.7 Å². The van der Waals surface area contributed by atoms with Gasteiger partial charge in [0.05, 0.1) is 5.52 Å². The van der Waals surface area contributed by atoms with E-state index in [9.17, 15) is 0 Å². The molecule has 18 heavy (non-hydrogen) atoms. The summed E-state index contributed by atoms with van der Waals surface area (Å²) in [7, 11) is 0. The maximum Gasteiger partial charge on any atom is 0.135 e. The predicted molar refractivity (Wildman–Crippen MR) is 72.1 cm³/mol. The van der Waals surface area contributed by atoms with Crippen molar-refractivity contribution in [1.29, 1.82) is 0 Å². The zero-order chi connectivity index (χ0) is 12.4. The van der Waals surface area contributed by atoms with Crippen molar-refractivity contribution in [3.8, 4) is 0 Å². The lowest BCUT2D eigenvalue weighted by Gasteiger charge is -2.08. The largest absolute Gasteiger partial charge is 0.340 e. The molecule has 2 aromatic heterocycles. The number of pyridine rings is 1. The Morgan fingerprint density at radius 1 is 1.00 bits per heavy atom. The van der Waals surface area contributed by atoms with E-state index in [0.29, 0.717) is 11.0 Å². The molecule has 3 rings (SSSR count). The Balaban J connectivity index is 2.05. The normalized spacial score (nSPS) is 10.5. The molecule has 0 saturated heterocycles. The molecule has 3 aromatic rings. The fourth-order valence-electron chi connectivity index (χ4n) is 1.75. The highest BCUT2D eigenvalue weighted by Gasteiger charge is 2.02. The number of nitrogens with zero attached hydrogens (tertiary/aromatic N) is 3. The summed E-state index contributed by atoms with van der Waals surface area (Å²) in [4.78, 5) is 12.3. The monoisotopic (exact) mass is 256 g/mol. The van der Waals surface area contributed by atoms with Gasteiger partial charge < -0.3 is 5.32 Å². The van der Waals surface area contributed by atoms with Gasteiger partial charge in [-0.2, -0.15) is 0 Å². The second kappa shape index (κ2) is 4.58. The van der Waals surface area contributed by atoms with Crippen LogP contribution >= 0.6 is 11.6 Å². The number of rotatable bonds is 2. The van der Waals surface area contributed by atoms with Crippen molar-refractivity contribution < 1.29 is 0 Å². The molecule has 0 spiro atoms. The van der Waals surface area contributed by atoms with Gasteiger partial charge in [0.15, 0.2) is 0 Å². The van der Waals surface area contributed by atoms with Gasteiger partial charge in [0, 0.05) is 23.3 Å². The number of hydrogen-bond donors (Lipinski definition) is 1. The van der Waals surface area contributed by atoms with Gasteiger partial charge >= 0.3 is 0 Å². The minimum Gasteiger partial charge on any atom is -0.340 e. The maximum atomic E-state index is 5.83. The highest BCUT2D eigenvalue weighted by molar-refractivity contribution is 6.29. The Hall–Kier alpha value is -2.20. The Kier molecular flexibility index (Phi) is 2.78. The van der Waals surface area contributed by atoms with Crippen LogP contribution < -0.4 is 5.32 Å². The van der Waals surface area contributed by atoms with E-state index < -0.39 is 0 Å². The number of nitrogens with one attached hydrogen (secondary N) is 1. The summed E-state index contributed by atoms with van der Waals surface area (Å²) >= 11 is 5.83. The fourth-order valence-corrected chi connectivity index (χ4v) is 1.90. The lowest BCUT2D eigenvalue weighted by Crippen LogP contribution is -1.95. The molecule has 88 valence electrons. The molecule has 1 aromatic carbocycles. The molecule has 0 unspecified atom stereocenters. The number of fused-ring (bicyclic) bond motifs is 1. The Morgan fingerprint density at radius 3 is 2.83 bits per heavy atom. The SMILES string of the molecule is Clc1cc(Nc2cccc3ncccc23)ncn1.